The number of anilines is 1. The second kappa shape index (κ2) is 6.87. The molecule has 0 spiro atoms. The van der Waals surface area contributed by atoms with Crippen molar-refractivity contribution < 1.29 is 24.2 Å². The lowest BCUT2D eigenvalue weighted by atomic mass is 10.1. The average molecular weight is 384 g/mol. The van der Waals surface area contributed by atoms with Gasteiger partial charge in [-0.15, -0.1) is 0 Å². The number of nitro benzene ring substituents is 2. The van der Waals surface area contributed by atoms with Gasteiger partial charge in [-0.2, -0.15) is 0 Å². The second-order valence-electron chi connectivity index (χ2n) is 5.91. The van der Waals surface area contributed by atoms with E-state index >= 15 is 0 Å². The Kier molecular flexibility index (Phi) is 4.57. The molecule has 2 aromatic rings. The number of hydrogen-bond donors (Lipinski definition) is 1. The molecule has 3 rings (SSSR count). The van der Waals surface area contributed by atoms with Crippen LogP contribution in [0.2, 0.25) is 0 Å². The van der Waals surface area contributed by atoms with Crippen LogP contribution in [0.5, 0.6) is 0 Å². The fourth-order valence-electron chi connectivity index (χ4n) is 2.90. The summed E-state index contributed by atoms with van der Waals surface area (Å²) in [7, 11) is 0. The zero-order chi connectivity index (χ0) is 20.6. The summed E-state index contributed by atoms with van der Waals surface area (Å²) >= 11 is 0. The fourth-order valence-corrected chi connectivity index (χ4v) is 2.90. The third-order valence-electron chi connectivity index (χ3n) is 4.25. The standard InChI is InChI=1S/C17H12N4O7/c1-9-11(5-3-6-12(9)20(25)26)18-14(22)8-19-16(23)10-4-2-7-13(21(27)28)15(10)17(19)24/h2-7H,8H2,1H3,(H,18,22). The third-order valence-corrected chi connectivity index (χ3v) is 4.25. The Morgan fingerprint density at radius 1 is 1.00 bits per heavy atom. The van der Waals surface area contributed by atoms with Crippen LogP contribution in [0, 0.1) is 27.2 Å². The van der Waals surface area contributed by atoms with E-state index in [1.54, 1.807) is 0 Å². The topological polar surface area (TPSA) is 153 Å². The molecule has 0 aromatic heterocycles. The molecular formula is C17H12N4O7. The van der Waals surface area contributed by atoms with Crippen LogP contribution >= 0.6 is 0 Å². The van der Waals surface area contributed by atoms with E-state index < -0.39 is 39.8 Å². The summed E-state index contributed by atoms with van der Waals surface area (Å²) in [6, 6.07) is 7.73. The molecule has 142 valence electrons. The average Bonchev–Trinajstić information content (AvgIpc) is 2.88. The minimum absolute atomic E-state index is 0.154. The van der Waals surface area contributed by atoms with Gasteiger partial charge < -0.3 is 5.32 Å². The molecule has 0 saturated heterocycles. The van der Waals surface area contributed by atoms with Gasteiger partial charge in [0.15, 0.2) is 0 Å². The molecule has 1 aliphatic rings. The van der Waals surface area contributed by atoms with Gasteiger partial charge in [0.05, 0.1) is 26.7 Å². The summed E-state index contributed by atoms with van der Waals surface area (Å²) in [5, 5.41) is 24.5. The van der Waals surface area contributed by atoms with Gasteiger partial charge in [-0.05, 0) is 19.1 Å². The molecule has 3 amide bonds. The first-order valence-electron chi connectivity index (χ1n) is 7.89. The number of benzene rings is 2. The largest absolute Gasteiger partial charge is 0.324 e. The number of imide groups is 1. The van der Waals surface area contributed by atoms with E-state index in [2.05, 4.69) is 5.32 Å². The number of hydrogen-bond acceptors (Lipinski definition) is 7. The highest BCUT2D eigenvalue weighted by Gasteiger charge is 2.41. The first-order chi connectivity index (χ1) is 13.2. The van der Waals surface area contributed by atoms with Gasteiger partial charge in [-0.1, -0.05) is 12.1 Å². The lowest BCUT2D eigenvalue weighted by Gasteiger charge is -2.14. The summed E-state index contributed by atoms with van der Waals surface area (Å²) < 4.78 is 0. The fraction of sp³-hybridized carbons (Fsp3) is 0.118. The molecule has 0 atom stereocenters. The van der Waals surface area contributed by atoms with Crippen molar-refractivity contribution in [3.05, 3.63) is 73.3 Å². The van der Waals surface area contributed by atoms with Crippen LogP contribution in [0.25, 0.3) is 0 Å². The van der Waals surface area contributed by atoms with E-state index in [9.17, 15) is 34.6 Å². The predicted octanol–water partition coefficient (Wildman–Crippen LogP) is 2.05. The lowest BCUT2D eigenvalue weighted by Crippen LogP contribution is -2.37. The number of carbonyl (C=O) groups is 3. The van der Waals surface area contributed by atoms with E-state index in [1.165, 1.54) is 37.3 Å². The van der Waals surface area contributed by atoms with Crippen molar-refractivity contribution in [3.8, 4) is 0 Å². The van der Waals surface area contributed by atoms with E-state index in [0.717, 1.165) is 6.07 Å². The van der Waals surface area contributed by atoms with Gasteiger partial charge in [-0.25, -0.2) is 0 Å². The molecule has 0 fully saturated rings. The monoisotopic (exact) mass is 384 g/mol. The van der Waals surface area contributed by atoms with Crippen molar-refractivity contribution in [2.24, 2.45) is 0 Å². The first-order valence-corrected chi connectivity index (χ1v) is 7.89. The second-order valence-corrected chi connectivity index (χ2v) is 5.91. The van der Waals surface area contributed by atoms with Crippen LogP contribution in [0.15, 0.2) is 36.4 Å². The minimum Gasteiger partial charge on any atom is -0.324 e. The number of carbonyl (C=O) groups excluding carboxylic acids is 3. The van der Waals surface area contributed by atoms with Crippen molar-refractivity contribution in [2.75, 3.05) is 11.9 Å². The van der Waals surface area contributed by atoms with E-state index in [0.29, 0.717) is 4.90 Å². The first kappa shape index (κ1) is 18.6. The van der Waals surface area contributed by atoms with Gasteiger partial charge in [0.2, 0.25) is 5.91 Å². The molecule has 1 N–H and O–H groups in total. The molecule has 0 radical (unpaired) electrons. The number of rotatable bonds is 5. The van der Waals surface area contributed by atoms with Crippen LogP contribution in [0.3, 0.4) is 0 Å². The van der Waals surface area contributed by atoms with Crippen LogP contribution in [-0.4, -0.2) is 39.0 Å². The van der Waals surface area contributed by atoms with Crippen molar-refractivity contribution >= 4 is 34.8 Å². The Hall–Kier alpha value is -4.15. The Morgan fingerprint density at radius 3 is 2.25 bits per heavy atom. The summed E-state index contributed by atoms with van der Waals surface area (Å²) in [4.78, 5) is 58.4. The smallest absolute Gasteiger partial charge is 0.282 e. The zero-order valence-electron chi connectivity index (χ0n) is 14.4. The van der Waals surface area contributed by atoms with E-state index in [4.69, 9.17) is 0 Å². The van der Waals surface area contributed by atoms with Gasteiger partial charge in [0.25, 0.3) is 23.2 Å². The zero-order valence-corrected chi connectivity index (χ0v) is 14.4. The van der Waals surface area contributed by atoms with Crippen molar-refractivity contribution in [3.63, 3.8) is 0 Å². The minimum atomic E-state index is -0.946. The molecule has 0 aliphatic carbocycles. The number of fused-ring (bicyclic) bond motifs is 1. The van der Waals surface area contributed by atoms with Gasteiger partial charge >= 0.3 is 0 Å². The number of nitrogens with one attached hydrogen (secondary N) is 1. The molecule has 11 nitrogen and oxygen atoms in total. The van der Waals surface area contributed by atoms with Crippen LogP contribution in [-0.2, 0) is 4.79 Å². The summed E-state index contributed by atoms with van der Waals surface area (Å²) in [5.74, 6) is -2.55. The van der Waals surface area contributed by atoms with Gasteiger partial charge in [0, 0.05) is 12.1 Å². The summed E-state index contributed by atoms with van der Waals surface area (Å²) in [6.07, 6.45) is 0. The number of nitro groups is 2. The lowest BCUT2D eigenvalue weighted by molar-refractivity contribution is -0.385. The maximum Gasteiger partial charge on any atom is 0.282 e. The highest BCUT2D eigenvalue weighted by Crippen LogP contribution is 2.31. The highest BCUT2D eigenvalue weighted by molar-refractivity contribution is 6.24. The Labute approximate surface area is 156 Å². The molecule has 2 aromatic carbocycles. The maximum atomic E-state index is 12.5. The molecule has 0 saturated carbocycles. The Morgan fingerprint density at radius 2 is 1.61 bits per heavy atom. The van der Waals surface area contributed by atoms with Crippen molar-refractivity contribution in [1.29, 1.82) is 0 Å². The SMILES string of the molecule is Cc1c(NC(=O)CN2C(=O)c3cccc([N+](=O)[O-])c3C2=O)cccc1[N+](=O)[O-]. The normalized spacial score (nSPS) is 12.7. The number of amides is 3. The molecule has 11 heteroatoms. The van der Waals surface area contributed by atoms with Crippen molar-refractivity contribution in [2.45, 2.75) is 6.92 Å². The number of nitrogens with zero attached hydrogens (tertiary/aromatic N) is 3. The van der Waals surface area contributed by atoms with E-state index in [1.807, 2.05) is 0 Å². The molecule has 1 aliphatic heterocycles. The molecule has 1 heterocycles. The molecular weight excluding hydrogens is 372 g/mol. The van der Waals surface area contributed by atoms with Crippen molar-refractivity contribution in [1.82, 2.24) is 4.90 Å². The molecule has 0 bridgehead atoms. The Bertz CT molecular complexity index is 1060. The maximum absolute atomic E-state index is 12.5. The summed E-state index contributed by atoms with van der Waals surface area (Å²) in [6.45, 7) is 0.755. The molecule has 28 heavy (non-hydrogen) atoms. The van der Waals surface area contributed by atoms with Gasteiger partial charge in [-0.3, -0.25) is 39.5 Å². The van der Waals surface area contributed by atoms with Crippen LogP contribution < -0.4 is 5.32 Å². The van der Waals surface area contributed by atoms with Crippen LogP contribution in [0.4, 0.5) is 17.1 Å². The Balaban J connectivity index is 1.83. The van der Waals surface area contributed by atoms with Crippen LogP contribution in [0.1, 0.15) is 26.3 Å². The summed E-state index contributed by atoms with van der Waals surface area (Å²) in [5.41, 5.74) is -0.876. The quantitative estimate of drug-likeness (QED) is 0.470. The highest BCUT2D eigenvalue weighted by atomic mass is 16.6. The predicted molar refractivity (Wildman–Crippen MR) is 94.9 cm³/mol. The molecule has 0 unspecified atom stereocenters. The third kappa shape index (κ3) is 3.05. The van der Waals surface area contributed by atoms with Gasteiger partial charge in [0.1, 0.15) is 12.1 Å². The van der Waals surface area contributed by atoms with E-state index in [-0.39, 0.29) is 28.1 Å².